The summed E-state index contributed by atoms with van der Waals surface area (Å²) in [4.78, 5) is 25.8. The first-order valence-corrected chi connectivity index (χ1v) is 6.68. The van der Waals surface area contributed by atoms with Crippen molar-refractivity contribution in [1.82, 2.24) is 10.2 Å². The minimum absolute atomic E-state index is 0.0528. The molecule has 6 nitrogen and oxygen atoms in total. The van der Waals surface area contributed by atoms with Crippen LogP contribution in [-0.4, -0.2) is 55.1 Å². The molecule has 0 spiro atoms. The molecular formula is C13H21N3O3. The van der Waals surface area contributed by atoms with Crippen molar-refractivity contribution in [2.24, 2.45) is 11.7 Å². The lowest BCUT2D eigenvalue weighted by Crippen LogP contribution is -2.51. The Morgan fingerprint density at radius 3 is 2.63 bits per heavy atom. The van der Waals surface area contributed by atoms with Crippen molar-refractivity contribution in [3.63, 3.8) is 0 Å². The number of morpholine rings is 1. The smallest absolute Gasteiger partial charge is 0.245 e. The highest BCUT2D eigenvalue weighted by atomic mass is 16.5. The first kappa shape index (κ1) is 14.0. The SMILES string of the molecule is CC(NC(=O)C1C=CC(N)C1)C(=O)N1CCOCC1. The summed E-state index contributed by atoms with van der Waals surface area (Å²) in [6, 6.07) is -0.558. The summed E-state index contributed by atoms with van der Waals surface area (Å²) in [5.41, 5.74) is 5.71. The molecule has 0 radical (unpaired) electrons. The van der Waals surface area contributed by atoms with E-state index in [9.17, 15) is 9.59 Å². The lowest BCUT2D eigenvalue weighted by atomic mass is 10.1. The molecular weight excluding hydrogens is 246 g/mol. The summed E-state index contributed by atoms with van der Waals surface area (Å²) in [6.45, 7) is 4.02. The fourth-order valence-corrected chi connectivity index (χ4v) is 2.36. The van der Waals surface area contributed by atoms with Crippen molar-refractivity contribution in [3.05, 3.63) is 12.2 Å². The van der Waals surface area contributed by atoms with Gasteiger partial charge in [-0.05, 0) is 13.3 Å². The largest absolute Gasteiger partial charge is 0.378 e. The predicted octanol–water partition coefficient (Wildman–Crippen LogP) is -0.747. The van der Waals surface area contributed by atoms with Crippen molar-refractivity contribution >= 4 is 11.8 Å². The van der Waals surface area contributed by atoms with Crippen LogP contribution in [-0.2, 0) is 14.3 Å². The minimum Gasteiger partial charge on any atom is -0.378 e. The van der Waals surface area contributed by atoms with Crippen molar-refractivity contribution in [2.75, 3.05) is 26.3 Å². The molecule has 3 atom stereocenters. The van der Waals surface area contributed by atoms with E-state index >= 15 is 0 Å². The zero-order valence-electron chi connectivity index (χ0n) is 11.2. The first-order chi connectivity index (χ1) is 9.08. The van der Waals surface area contributed by atoms with E-state index in [0.717, 1.165) is 0 Å². The van der Waals surface area contributed by atoms with Crippen molar-refractivity contribution < 1.29 is 14.3 Å². The van der Waals surface area contributed by atoms with Crippen LogP contribution in [0.5, 0.6) is 0 Å². The van der Waals surface area contributed by atoms with Gasteiger partial charge in [0.05, 0.1) is 19.1 Å². The summed E-state index contributed by atoms with van der Waals surface area (Å²) >= 11 is 0. The molecule has 19 heavy (non-hydrogen) atoms. The number of rotatable bonds is 3. The van der Waals surface area contributed by atoms with E-state index in [0.29, 0.717) is 32.7 Å². The lowest BCUT2D eigenvalue weighted by molar-refractivity contribution is -0.139. The topological polar surface area (TPSA) is 84.7 Å². The highest BCUT2D eigenvalue weighted by Crippen LogP contribution is 2.16. The molecule has 1 fully saturated rings. The Balaban J connectivity index is 1.82. The number of hydrogen-bond donors (Lipinski definition) is 2. The van der Waals surface area contributed by atoms with E-state index in [1.54, 1.807) is 11.8 Å². The maximum atomic E-state index is 12.1. The van der Waals surface area contributed by atoms with E-state index in [1.807, 2.05) is 12.2 Å². The number of nitrogens with zero attached hydrogens (tertiary/aromatic N) is 1. The number of nitrogens with one attached hydrogen (secondary N) is 1. The molecule has 0 aromatic carbocycles. The van der Waals surface area contributed by atoms with E-state index in [1.165, 1.54) is 0 Å². The molecule has 1 heterocycles. The minimum atomic E-state index is -0.504. The second kappa shape index (κ2) is 6.16. The molecule has 0 saturated carbocycles. The van der Waals surface area contributed by atoms with Crippen LogP contribution < -0.4 is 11.1 Å². The van der Waals surface area contributed by atoms with Gasteiger partial charge < -0.3 is 20.7 Å². The molecule has 6 heteroatoms. The van der Waals surface area contributed by atoms with Crippen LogP contribution >= 0.6 is 0 Å². The number of hydrogen-bond acceptors (Lipinski definition) is 4. The summed E-state index contributed by atoms with van der Waals surface area (Å²) < 4.78 is 5.20. The molecule has 106 valence electrons. The van der Waals surface area contributed by atoms with Gasteiger partial charge in [-0.15, -0.1) is 0 Å². The third-order valence-corrected chi connectivity index (χ3v) is 3.51. The molecule has 0 aromatic heterocycles. The number of nitrogens with two attached hydrogens (primary N) is 1. The first-order valence-electron chi connectivity index (χ1n) is 6.68. The number of carbonyl (C=O) groups excluding carboxylic acids is 2. The van der Waals surface area contributed by atoms with Crippen LogP contribution in [0.2, 0.25) is 0 Å². The van der Waals surface area contributed by atoms with E-state index in [4.69, 9.17) is 10.5 Å². The fourth-order valence-electron chi connectivity index (χ4n) is 2.36. The second-order valence-corrected chi connectivity index (χ2v) is 5.06. The van der Waals surface area contributed by atoms with Gasteiger partial charge in [-0.2, -0.15) is 0 Å². The van der Waals surface area contributed by atoms with Gasteiger partial charge in [0.2, 0.25) is 11.8 Å². The molecule has 2 rings (SSSR count). The van der Waals surface area contributed by atoms with Crippen LogP contribution in [0.4, 0.5) is 0 Å². The molecule has 2 aliphatic rings. The normalized spacial score (nSPS) is 28.2. The quantitative estimate of drug-likeness (QED) is 0.659. The Morgan fingerprint density at radius 2 is 2.05 bits per heavy atom. The van der Waals surface area contributed by atoms with Crippen molar-refractivity contribution in [1.29, 1.82) is 0 Å². The van der Waals surface area contributed by atoms with Gasteiger partial charge >= 0.3 is 0 Å². The highest BCUT2D eigenvalue weighted by molar-refractivity contribution is 5.89. The Morgan fingerprint density at radius 1 is 1.37 bits per heavy atom. The highest BCUT2D eigenvalue weighted by Gasteiger charge is 2.27. The molecule has 1 aliphatic carbocycles. The van der Waals surface area contributed by atoms with Gasteiger partial charge in [-0.3, -0.25) is 9.59 Å². The van der Waals surface area contributed by atoms with Gasteiger partial charge in [-0.1, -0.05) is 12.2 Å². The summed E-state index contributed by atoms with van der Waals surface area (Å²) in [6.07, 6.45) is 4.26. The number of ether oxygens (including phenoxy) is 1. The molecule has 3 unspecified atom stereocenters. The Hall–Kier alpha value is -1.40. The van der Waals surface area contributed by atoms with Crippen molar-refractivity contribution in [2.45, 2.75) is 25.4 Å². The summed E-state index contributed by atoms with van der Waals surface area (Å²) in [7, 11) is 0. The van der Waals surface area contributed by atoms with E-state index in [-0.39, 0.29) is 23.8 Å². The maximum Gasteiger partial charge on any atom is 0.245 e. The van der Waals surface area contributed by atoms with E-state index < -0.39 is 6.04 Å². The molecule has 0 aromatic rings. The zero-order chi connectivity index (χ0) is 13.8. The Labute approximate surface area is 113 Å². The second-order valence-electron chi connectivity index (χ2n) is 5.06. The standard InChI is InChI=1S/C13H21N3O3/c1-9(13(18)16-4-6-19-7-5-16)15-12(17)10-2-3-11(14)8-10/h2-3,9-11H,4-8,14H2,1H3,(H,15,17). The third kappa shape index (κ3) is 3.54. The van der Waals surface area contributed by atoms with Crippen LogP contribution in [0.25, 0.3) is 0 Å². The predicted molar refractivity (Wildman–Crippen MR) is 70.2 cm³/mol. The van der Waals surface area contributed by atoms with Gasteiger partial charge in [-0.25, -0.2) is 0 Å². The maximum absolute atomic E-state index is 12.1. The lowest BCUT2D eigenvalue weighted by Gasteiger charge is -2.29. The zero-order valence-corrected chi connectivity index (χ0v) is 11.2. The molecule has 1 saturated heterocycles. The van der Waals surface area contributed by atoms with Crippen LogP contribution in [0, 0.1) is 5.92 Å². The van der Waals surface area contributed by atoms with E-state index in [2.05, 4.69) is 5.32 Å². The Bertz CT molecular complexity index is 377. The molecule has 3 N–H and O–H groups in total. The van der Waals surface area contributed by atoms with Gasteiger partial charge in [0.25, 0.3) is 0 Å². The van der Waals surface area contributed by atoms with Gasteiger partial charge in [0.1, 0.15) is 6.04 Å². The molecule has 2 amide bonds. The van der Waals surface area contributed by atoms with Crippen LogP contribution in [0.15, 0.2) is 12.2 Å². The number of carbonyl (C=O) groups is 2. The molecule has 1 aliphatic heterocycles. The Kier molecular flexibility index (Phi) is 4.55. The summed E-state index contributed by atoms with van der Waals surface area (Å²) in [5, 5.41) is 2.76. The van der Waals surface area contributed by atoms with Crippen molar-refractivity contribution in [3.8, 4) is 0 Å². The average Bonchev–Trinajstić information content (AvgIpc) is 2.85. The van der Waals surface area contributed by atoms with Crippen LogP contribution in [0.1, 0.15) is 13.3 Å². The summed E-state index contributed by atoms with van der Waals surface area (Å²) in [5.74, 6) is -0.392. The third-order valence-electron chi connectivity index (χ3n) is 3.51. The average molecular weight is 267 g/mol. The van der Waals surface area contributed by atoms with Crippen LogP contribution in [0.3, 0.4) is 0 Å². The fraction of sp³-hybridized carbons (Fsp3) is 0.692. The monoisotopic (exact) mass is 267 g/mol. The molecule has 0 bridgehead atoms. The van der Waals surface area contributed by atoms with Gasteiger partial charge in [0.15, 0.2) is 0 Å². The number of amides is 2. The van der Waals surface area contributed by atoms with Gasteiger partial charge in [0, 0.05) is 19.1 Å².